The summed E-state index contributed by atoms with van der Waals surface area (Å²) in [6.07, 6.45) is 3.69. The van der Waals surface area contributed by atoms with Gasteiger partial charge in [0, 0.05) is 23.8 Å². The molecule has 1 aliphatic rings. The first-order valence-electron chi connectivity index (χ1n) is 6.66. The van der Waals surface area contributed by atoms with Crippen molar-refractivity contribution in [1.82, 2.24) is 19.5 Å². The zero-order valence-corrected chi connectivity index (χ0v) is 12.4. The Morgan fingerprint density at radius 1 is 1.40 bits per heavy atom. The fraction of sp³-hybridized carbons (Fsp3) is 0.286. The third-order valence-electron chi connectivity index (χ3n) is 3.89. The van der Waals surface area contributed by atoms with E-state index in [1.807, 2.05) is 6.07 Å². The predicted molar refractivity (Wildman–Crippen MR) is 81.3 cm³/mol. The molecule has 1 aromatic carbocycles. The van der Waals surface area contributed by atoms with Gasteiger partial charge in [-0.1, -0.05) is 6.07 Å². The van der Waals surface area contributed by atoms with Gasteiger partial charge in [-0.2, -0.15) is 0 Å². The quantitative estimate of drug-likeness (QED) is 0.719. The Labute approximate surface area is 124 Å². The van der Waals surface area contributed by atoms with Crippen LogP contribution in [0.3, 0.4) is 0 Å². The van der Waals surface area contributed by atoms with Crippen molar-refractivity contribution in [3.05, 3.63) is 35.0 Å². The van der Waals surface area contributed by atoms with Crippen LogP contribution < -0.4 is 5.73 Å². The molecule has 0 radical (unpaired) electrons. The first-order valence-corrected chi connectivity index (χ1v) is 7.45. The minimum absolute atomic E-state index is 0.218. The number of nitrogens with two attached hydrogens (primary N) is 1. The van der Waals surface area contributed by atoms with Crippen molar-refractivity contribution in [2.75, 3.05) is 0 Å². The van der Waals surface area contributed by atoms with Crippen molar-refractivity contribution >= 4 is 27.0 Å². The maximum atomic E-state index is 6.04. The normalized spacial score (nSPS) is 18.4. The lowest BCUT2D eigenvalue weighted by molar-refractivity contribution is 0.455. The van der Waals surface area contributed by atoms with Gasteiger partial charge in [0.25, 0.3) is 0 Å². The number of aromatic nitrogens is 4. The predicted octanol–water partition coefficient (Wildman–Crippen LogP) is 2.46. The second-order valence-corrected chi connectivity index (χ2v) is 5.93. The zero-order chi connectivity index (χ0) is 13.7. The molecule has 1 unspecified atom stereocenters. The van der Waals surface area contributed by atoms with Crippen LogP contribution in [0.15, 0.2) is 29.3 Å². The molecule has 2 aromatic heterocycles. The summed E-state index contributed by atoms with van der Waals surface area (Å²) in [6.45, 7) is 0.829. The van der Waals surface area contributed by atoms with Crippen LogP contribution in [0.25, 0.3) is 22.3 Å². The Morgan fingerprint density at radius 2 is 2.30 bits per heavy atom. The van der Waals surface area contributed by atoms with Gasteiger partial charge < -0.3 is 15.3 Å². The molecule has 0 saturated carbocycles. The molecule has 6 heteroatoms. The average Bonchev–Trinajstić information content (AvgIpc) is 3.03. The van der Waals surface area contributed by atoms with E-state index < -0.39 is 0 Å². The van der Waals surface area contributed by atoms with Gasteiger partial charge in [0.1, 0.15) is 0 Å². The molecule has 0 fully saturated rings. The minimum Gasteiger partial charge on any atom is -0.345 e. The molecule has 3 heterocycles. The molecule has 4 rings (SSSR count). The topological polar surface area (TPSA) is 72.5 Å². The van der Waals surface area contributed by atoms with Gasteiger partial charge in [-0.25, -0.2) is 9.97 Å². The highest BCUT2D eigenvalue weighted by Gasteiger charge is 2.23. The van der Waals surface area contributed by atoms with E-state index in [0.717, 1.165) is 46.4 Å². The number of imidazole rings is 2. The molecular weight excluding hydrogens is 318 g/mol. The second-order valence-electron chi connectivity index (χ2n) is 5.22. The number of hydrogen-bond donors (Lipinski definition) is 2. The summed E-state index contributed by atoms with van der Waals surface area (Å²) in [4.78, 5) is 12.1. The third-order valence-corrected chi connectivity index (χ3v) is 4.49. The number of H-pyrrole nitrogens is 1. The summed E-state index contributed by atoms with van der Waals surface area (Å²) in [5.41, 5.74) is 11.5. The van der Waals surface area contributed by atoms with Gasteiger partial charge in [0.05, 0.1) is 23.1 Å². The van der Waals surface area contributed by atoms with Gasteiger partial charge in [-0.3, -0.25) is 0 Å². The average molecular weight is 332 g/mol. The van der Waals surface area contributed by atoms with E-state index in [4.69, 9.17) is 5.73 Å². The highest BCUT2D eigenvalue weighted by atomic mass is 79.9. The van der Waals surface area contributed by atoms with Crippen LogP contribution in [0, 0.1) is 0 Å². The second kappa shape index (κ2) is 4.43. The first-order chi connectivity index (χ1) is 9.72. The van der Waals surface area contributed by atoms with Crippen LogP contribution in [0.4, 0.5) is 0 Å². The zero-order valence-electron chi connectivity index (χ0n) is 10.8. The molecule has 5 nitrogen and oxygen atoms in total. The van der Waals surface area contributed by atoms with E-state index in [1.54, 1.807) is 6.33 Å². The number of fused-ring (bicyclic) bond motifs is 2. The van der Waals surface area contributed by atoms with E-state index in [2.05, 4.69) is 47.6 Å². The van der Waals surface area contributed by atoms with Crippen LogP contribution in [0.1, 0.15) is 12.1 Å². The van der Waals surface area contributed by atoms with Gasteiger partial charge in [-0.05, 0) is 40.9 Å². The van der Waals surface area contributed by atoms with Crippen LogP contribution in [0.5, 0.6) is 0 Å². The smallest absolute Gasteiger partial charge is 0.177 e. The molecule has 0 aliphatic carbocycles. The standard InChI is InChI=1S/C14H14BrN5/c15-14-19-13(12-4-2-9(16)6-20(12)14)8-1-3-10-11(5-8)18-7-17-10/h1,3,5,7,9H,2,4,6,16H2,(H,17,18). The first kappa shape index (κ1) is 12.1. The van der Waals surface area contributed by atoms with E-state index >= 15 is 0 Å². The highest BCUT2D eigenvalue weighted by molar-refractivity contribution is 9.10. The monoisotopic (exact) mass is 331 g/mol. The Hall–Kier alpha value is -1.66. The molecule has 102 valence electrons. The Bertz CT molecular complexity index is 788. The lowest BCUT2D eigenvalue weighted by Crippen LogP contribution is -2.31. The van der Waals surface area contributed by atoms with E-state index in [1.165, 1.54) is 5.69 Å². The van der Waals surface area contributed by atoms with Crippen molar-refractivity contribution in [1.29, 1.82) is 0 Å². The van der Waals surface area contributed by atoms with Crippen LogP contribution in [-0.2, 0) is 13.0 Å². The minimum atomic E-state index is 0.218. The summed E-state index contributed by atoms with van der Waals surface area (Å²) < 4.78 is 3.04. The van der Waals surface area contributed by atoms with E-state index in [-0.39, 0.29) is 6.04 Å². The summed E-state index contributed by atoms with van der Waals surface area (Å²) in [6, 6.07) is 6.42. The molecule has 3 N–H and O–H groups in total. The Kier molecular flexibility index (Phi) is 2.68. The van der Waals surface area contributed by atoms with Crippen molar-refractivity contribution in [3.8, 4) is 11.3 Å². The molecule has 20 heavy (non-hydrogen) atoms. The molecule has 0 saturated heterocycles. The highest BCUT2D eigenvalue weighted by Crippen LogP contribution is 2.31. The largest absolute Gasteiger partial charge is 0.345 e. The van der Waals surface area contributed by atoms with Crippen molar-refractivity contribution in [2.24, 2.45) is 5.73 Å². The van der Waals surface area contributed by atoms with E-state index in [9.17, 15) is 0 Å². The van der Waals surface area contributed by atoms with Crippen LogP contribution >= 0.6 is 15.9 Å². The molecule has 0 amide bonds. The fourth-order valence-corrected chi connectivity index (χ4v) is 3.39. The lowest BCUT2D eigenvalue weighted by Gasteiger charge is -2.21. The Morgan fingerprint density at radius 3 is 3.20 bits per heavy atom. The number of benzene rings is 1. The van der Waals surface area contributed by atoms with Gasteiger partial charge in [-0.15, -0.1) is 0 Å². The number of hydrogen-bond acceptors (Lipinski definition) is 3. The van der Waals surface area contributed by atoms with Crippen LogP contribution in [-0.4, -0.2) is 25.6 Å². The number of aromatic amines is 1. The lowest BCUT2D eigenvalue weighted by atomic mass is 10.0. The molecule has 1 aliphatic heterocycles. The maximum Gasteiger partial charge on any atom is 0.177 e. The summed E-state index contributed by atoms with van der Waals surface area (Å²) in [5, 5.41) is 0. The van der Waals surface area contributed by atoms with Gasteiger partial charge in [0.2, 0.25) is 0 Å². The number of nitrogens with one attached hydrogen (secondary N) is 1. The van der Waals surface area contributed by atoms with Crippen LogP contribution in [0.2, 0.25) is 0 Å². The summed E-state index contributed by atoms with van der Waals surface area (Å²) in [7, 11) is 0. The SMILES string of the molecule is NC1CCc2c(-c3ccc4nc[nH]c4c3)nc(Br)n2C1. The fourth-order valence-electron chi connectivity index (χ4n) is 2.86. The molecule has 0 bridgehead atoms. The van der Waals surface area contributed by atoms with Crippen molar-refractivity contribution in [2.45, 2.75) is 25.4 Å². The van der Waals surface area contributed by atoms with Gasteiger partial charge in [0.15, 0.2) is 4.73 Å². The third kappa shape index (κ3) is 1.79. The van der Waals surface area contributed by atoms with Crippen molar-refractivity contribution < 1.29 is 0 Å². The Balaban J connectivity index is 1.87. The molecule has 0 spiro atoms. The summed E-state index contributed by atoms with van der Waals surface area (Å²) in [5.74, 6) is 0. The molecule has 3 aromatic rings. The number of halogens is 1. The summed E-state index contributed by atoms with van der Waals surface area (Å²) >= 11 is 3.55. The van der Waals surface area contributed by atoms with Gasteiger partial charge >= 0.3 is 0 Å². The number of nitrogens with zero attached hydrogens (tertiary/aromatic N) is 3. The molecular formula is C14H14BrN5. The van der Waals surface area contributed by atoms with Crippen molar-refractivity contribution in [3.63, 3.8) is 0 Å². The van der Waals surface area contributed by atoms with E-state index in [0.29, 0.717) is 0 Å². The number of rotatable bonds is 1. The molecule has 1 atom stereocenters. The maximum absolute atomic E-state index is 6.04.